The van der Waals surface area contributed by atoms with Crippen LogP contribution >= 0.6 is 0 Å². The summed E-state index contributed by atoms with van der Waals surface area (Å²) in [6, 6.07) is 0. The van der Waals surface area contributed by atoms with E-state index in [1.54, 1.807) is 0 Å². The molecular formula is C17H31N3. The summed E-state index contributed by atoms with van der Waals surface area (Å²) < 4.78 is 1.92. The first-order chi connectivity index (χ1) is 9.54. The first-order valence-electron chi connectivity index (χ1n) is 8.22. The Morgan fingerprint density at radius 2 is 2.15 bits per heavy atom. The molecule has 1 aromatic heterocycles. The summed E-state index contributed by atoms with van der Waals surface area (Å²) in [5, 5.41) is 7.98. The monoisotopic (exact) mass is 277 g/mol. The third kappa shape index (κ3) is 4.62. The maximum absolute atomic E-state index is 4.31. The Morgan fingerprint density at radius 1 is 1.35 bits per heavy atom. The van der Waals surface area contributed by atoms with Crippen molar-refractivity contribution in [2.24, 2.45) is 30.7 Å². The van der Waals surface area contributed by atoms with E-state index >= 15 is 0 Å². The molecule has 1 aliphatic carbocycles. The van der Waals surface area contributed by atoms with Crippen LogP contribution in [0.4, 0.5) is 0 Å². The van der Waals surface area contributed by atoms with E-state index in [0.29, 0.717) is 0 Å². The minimum atomic E-state index is 0.745. The third-order valence-electron chi connectivity index (χ3n) is 4.62. The van der Waals surface area contributed by atoms with Crippen LogP contribution in [0.5, 0.6) is 0 Å². The highest BCUT2D eigenvalue weighted by Gasteiger charge is 2.28. The molecule has 0 aliphatic heterocycles. The fourth-order valence-corrected chi connectivity index (χ4v) is 3.52. The molecule has 1 aromatic rings. The number of nitrogens with zero attached hydrogens (tertiary/aromatic N) is 2. The van der Waals surface area contributed by atoms with Gasteiger partial charge in [-0.05, 0) is 61.6 Å². The molecule has 3 nitrogen and oxygen atoms in total. The summed E-state index contributed by atoms with van der Waals surface area (Å²) >= 11 is 0. The molecule has 1 saturated carbocycles. The standard InChI is InChI=1S/C17H31N3/c1-13(2)9-18-11-16-6-5-14(3)7-17(16)8-15-10-19-20(4)12-15/h10,12-14,16-18H,5-9,11H2,1-4H3. The van der Waals surface area contributed by atoms with E-state index < -0.39 is 0 Å². The maximum Gasteiger partial charge on any atom is 0.0521 e. The van der Waals surface area contributed by atoms with Crippen LogP contribution in [-0.2, 0) is 13.5 Å². The highest BCUT2D eigenvalue weighted by atomic mass is 15.2. The van der Waals surface area contributed by atoms with E-state index in [1.165, 1.54) is 37.8 Å². The van der Waals surface area contributed by atoms with Crippen LogP contribution in [0.25, 0.3) is 0 Å². The second kappa shape index (κ2) is 7.26. The second-order valence-corrected chi connectivity index (χ2v) is 7.22. The van der Waals surface area contributed by atoms with Crippen LogP contribution in [0.2, 0.25) is 0 Å². The average molecular weight is 277 g/mol. The zero-order chi connectivity index (χ0) is 14.5. The Balaban J connectivity index is 1.90. The van der Waals surface area contributed by atoms with Crippen molar-refractivity contribution in [3.8, 4) is 0 Å². The Morgan fingerprint density at radius 3 is 2.80 bits per heavy atom. The van der Waals surface area contributed by atoms with Crippen LogP contribution in [0.3, 0.4) is 0 Å². The molecule has 0 radical (unpaired) electrons. The molecule has 1 heterocycles. The number of aromatic nitrogens is 2. The van der Waals surface area contributed by atoms with Gasteiger partial charge in [0.25, 0.3) is 0 Å². The van der Waals surface area contributed by atoms with Gasteiger partial charge in [0.05, 0.1) is 6.20 Å². The molecule has 0 saturated heterocycles. The van der Waals surface area contributed by atoms with Crippen molar-refractivity contribution in [3.05, 3.63) is 18.0 Å². The normalized spacial score (nSPS) is 27.1. The van der Waals surface area contributed by atoms with Crippen LogP contribution in [0, 0.1) is 23.7 Å². The van der Waals surface area contributed by atoms with Crippen molar-refractivity contribution < 1.29 is 0 Å². The van der Waals surface area contributed by atoms with Crippen molar-refractivity contribution >= 4 is 0 Å². The molecule has 1 N–H and O–H groups in total. The van der Waals surface area contributed by atoms with Gasteiger partial charge in [-0.25, -0.2) is 0 Å². The first kappa shape index (κ1) is 15.6. The van der Waals surface area contributed by atoms with Gasteiger partial charge in [0.2, 0.25) is 0 Å². The van der Waals surface area contributed by atoms with E-state index in [0.717, 1.165) is 30.2 Å². The van der Waals surface area contributed by atoms with E-state index in [4.69, 9.17) is 0 Å². The Bertz CT molecular complexity index is 397. The molecule has 1 fully saturated rings. The van der Waals surface area contributed by atoms with Gasteiger partial charge in [0.15, 0.2) is 0 Å². The molecule has 1 aliphatic rings. The molecular weight excluding hydrogens is 246 g/mol. The van der Waals surface area contributed by atoms with Crippen molar-refractivity contribution in [1.82, 2.24) is 15.1 Å². The molecule has 114 valence electrons. The average Bonchev–Trinajstić information content (AvgIpc) is 2.77. The lowest BCUT2D eigenvalue weighted by molar-refractivity contribution is 0.182. The Hall–Kier alpha value is -0.830. The van der Waals surface area contributed by atoms with Crippen LogP contribution < -0.4 is 5.32 Å². The van der Waals surface area contributed by atoms with Gasteiger partial charge in [-0.1, -0.05) is 27.2 Å². The Labute approximate surface area is 124 Å². The number of hydrogen-bond acceptors (Lipinski definition) is 2. The second-order valence-electron chi connectivity index (χ2n) is 7.22. The molecule has 0 amide bonds. The minimum absolute atomic E-state index is 0.745. The lowest BCUT2D eigenvalue weighted by Crippen LogP contribution is -2.35. The summed E-state index contributed by atoms with van der Waals surface area (Å²) in [4.78, 5) is 0. The zero-order valence-electron chi connectivity index (χ0n) is 13.6. The van der Waals surface area contributed by atoms with E-state index in [1.807, 2.05) is 17.9 Å². The summed E-state index contributed by atoms with van der Waals surface area (Å²) in [6.45, 7) is 9.31. The third-order valence-corrected chi connectivity index (χ3v) is 4.62. The SMILES string of the molecule is CC(C)CNCC1CCC(C)CC1Cc1cnn(C)c1. The number of nitrogens with one attached hydrogen (secondary N) is 1. The molecule has 3 atom stereocenters. The number of rotatable bonds is 6. The molecule has 3 heteroatoms. The topological polar surface area (TPSA) is 29.9 Å². The van der Waals surface area contributed by atoms with Gasteiger partial charge in [-0.2, -0.15) is 5.10 Å². The zero-order valence-corrected chi connectivity index (χ0v) is 13.6. The summed E-state index contributed by atoms with van der Waals surface area (Å²) in [5.41, 5.74) is 1.40. The van der Waals surface area contributed by atoms with E-state index in [-0.39, 0.29) is 0 Å². The van der Waals surface area contributed by atoms with Gasteiger partial charge in [0.1, 0.15) is 0 Å². The largest absolute Gasteiger partial charge is 0.316 e. The Kier molecular flexibility index (Phi) is 5.64. The van der Waals surface area contributed by atoms with E-state index in [9.17, 15) is 0 Å². The fraction of sp³-hybridized carbons (Fsp3) is 0.824. The molecule has 0 spiro atoms. The van der Waals surface area contributed by atoms with Gasteiger partial charge >= 0.3 is 0 Å². The molecule has 0 bridgehead atoms. The van der Waals surface area contributed by atoms with E-state index in [2.05, 4.69) is 37.4 Å². The number of hydrogen-bond donors (Lipinski definition) is 1. The molecule has 3 unspecified atom stereocenters. The van der Waals surface area contributed by atoms with Crippen molar-refractivity contribution in [2.75, 3.05) is 13.1 Å². The highest BCUT2D eigenvalue weighted by Crippen LogP contribution is 2.35. The lowest BCUT2D eigenvalue weighted by Gasteiger charge is -2.35. The molecule has 2 rings (SSSR count). The number of aryl methyl sites for hydroxylation is 1. The summed E-state index contributed by atoms with van der Waals surface area (Å²) in [6.07, 6.45) is 9.58. The quantitative estimate of drug-likeness (QED) is 0.865. The first-order valence-corrected chi connectivity index (χ1v) is 8.22. The maximum atomic E-state index is 4.31. The van der Waals surface area contributed by atoms with Crippen LogP contribution in [0.15, 0.2) is 12.4 Å². The van der Waals surface area contributed by atoms with Crippen molar-refractivity contribution in [2.45, 2.75) is 46.5 Å². The summed E-state index contributed by atoms with van der Waals surface area (Å²) in [5.74, 6) is 3.29. The fourth-order valence-electron chi connectivity index (χ4n) is 3.52. The van der Waals surface area contributed by atoms with Gasteiger partial charge in [-0.3, -0.25) is 4.68 Å². The van der Waals surface area contributed by atoms with Crippen LogP contribution in [0.1, 0.15) is 45.6 Å². The van der Waals surface area contributed by atoms with Gasteiger partial charge < -0.3 is 5.32 Å². The lowest BCUT2D eigenvalue weighted by atomic mass is 9.72. The molecule has 20 heavy (non-hydrogen) atoms. The smallest absolute Gasteiger partial charge is 0.0521 e. The van der Waals surface area contributed by atoms with Crippen LogP contribution in [-0.4, -0.2) is 22.9 Å². The molecule has 0 aromatic carbocycles. The van der Waals surface area contributed by atoms with Crippen molar-refractivity contribution in [3.63, 3.8) is 0 Å². The summed E-state index contributed by atoms with van der Waals surface area (Å²) in [7, 11) is 2.01. The highest BCUT2D eigenvalue weighted by molar-refractivity contribution is 5.06. The van der Waals surface area contributed by atoms with Crippen molar-refractivity contribution in [1.29, 1.82) is 0 Å². The van der Waals surface area contributed by atoms with Gasteiger partial charge in [0, 0.05) is 13.2 Å². The predicted molar refractivity (Wildman–Crippen MR) is 84.6 cm³/mol. The minimum Gasteiger partial charge on any atom is -0.316 e. The van der Waals surface area contributed by atoms with Gasteiger partial charge in [-0.15, -0.1) is 0 Å². The predicted octanol–water partition coefficient (Wildman–Crippen LogP) is 3.26.